The Morgan fingerprint density at radius 2 is 2.13 bits per heavy atom. The number of nitrogens with one attached hydrogen (secondary N) is 1. The van der Waals surface area contributed by atoms with Crippen molar-refractivity contribution in [1.82, 2.24) is 15.5 Å². The Labute approximate surface area is 140 Å². The maximum absolute atomic E-state index is 10.5. The average Bonchev–Trinajstić information content (AvgIpc) is 3.09. The fraction of sp³-hybridized carbons (Fsp3) is 0.529. The van der Waals surface area contributed by atoms with Gasteiger partial charge in [-0.3, -0.25) is 0 Å². The van der Waals surface area contributed by atoms with Crippen molar-refractivity contribution in [3.05, 3.63) is 30.3 Å². The molecule has 2 fully saturated rings. The van der Waals surface area contributed by atoms with Crippen molar-refractivity contribution in [2.45, 2.75) is 25.4 Å². The molecule has 6 heteroatoms. The topological polar surface area (TPSA) is 61.3 Å². The lowest BCUT2D eigenvalue weighted by molar-refractivity contribution is -0.0101. The molecule has 2 atom stereocenters. The third-order valence-electron chi connectivity index (χ3n) is 5.09. The number of anilines is 1. The number of hydrogen-bond donors (Lipinski definition) is 2. The van der Waals surface area contributed by atoms with Gasteiger partial charge in [-0.2, -0.15) is 0 Å². The summed E-state index contributed by atoms with van der Waals surface area (Å²) in [4.78, 5) is 2.31. The lowest BCUT2D eigenvalue weighted by atomic mass is 9.72. The van der Waals surface area contributed by atoms with Crippen LogP contribution in [0.1, 0.15) is 19.3 Å². The van der Waals surface area contributed by atoms with Gasteiger partial charge in [0.15, 0.2) is 0 Å². The van der Waals surface area contributed by atoms with E-state index < -0.39 is 0 Å². The molecule has 1 spiro atoms. The zero-order valence-corrected chi connectivity index (χ0v) is 13.9. The second-order valence-electron chi connectivity index (χ2n) is 6.62. The van der Waals surface area contributed by atoms with Crippen molar-refractivity contribution in [3.63, 3.8) is 0 Å². The Balaban J connectivity index is 1.55. The molecule has 23 heavy (non-hydrogen) atoms. The quantitative estimate of drug-likeness (QED) is 0.883. The van der Waals surface area contributed by atoms with Crippen molar-refractivity contribution < 1.29 is 5.11 Å². The molecule has 2 aliphatic rings. The number of aliphatic hydroxyl groups is 1. The van der Waals surface area contributed by atoms with Gasteiger partial charge >= 0.3 is 0 Å². The van der Waals surface area contributed by atoms with E-state index in [1.54, 1.807) is 11.3 Å². The largest absolute Gasteiger partial charge is 0.392 e. The van der Waals surface area contributed by atoms with E-state index in [-0.39, 0.29) is 11.5 Å². The van der Waals surface area contributed by atoms with Crippen molar-refractivity contribution in [3.8, 4) is 10.6 Å². The Bertz CT molecular complexity index is 658. The summed E-state index contributed by atoms with van der Waals surface area (Å²) in [6.07, 6.45) is 2.81. The second-order valence-corrected chi connectivity index (χ2v) is 7.58. The van der Waals surface area contributed by atoms with Crippen LogP contribution in [0.4, 0.5) is 5.13 Å². The lowest BCUT2D eigenvalue weighted by Crippen LogP contribution is -2.58. The molecule has 0 saturated carbocycles. The Morgan fingerprint density at radius 1 is 1.26 bits per heavy atom. The van der Waals surface area contributed by atoms with Gasteiger partial charge in [-0.25, -0.2) is 0 Å². The van der Waals surface area contributed by atoms with Crippen LogP contribution in [0.3, 0.4) is 0 Å². The Kier molecular flexibility index (Phi) is 4.05. The highest BCUT2D eigenvalue weighted by atomic mass is 32.1. The van der Waals surface area contributed by atoms with Crippen molar-refractivity contribution in [2.24, 2.45) is 5.41 Å². The molecule has 1 aromatic carbocycles. The first kappa shape index (κ1) is 15.1. The van der Waals surface area contributed by atoms with Crippen LogP contribution in [0.25, 0.3) is 10.6 Å². The van der Waals surface area contributed by atoms with E-state index in [0.29, 0.717) is 0 Å². The molecule has 0 amide bonds. The number of benzene rings is 1. The van der Waals surface area contributed by atoms with Gasteiger partial charge < -0.3 is 15.3 Å². The monoisotopic (exact) mass is 330 g/mol. The molecule has 0 aliphatic carbocycles. The normalized spacial score (nSPS) is 28.2. The number of rotatable bonds is 2. The van der Waals surface area contributed by atoms with Gasteiger partial charge in [-0.05, 0) is 25.8 Å². The zero-order chi connectivity index (χ0) is 15.7. The van der Waals surface area contributed by atoms with Gasteiger partial charge in [0.2, 0.25) is 5.13 Å². The van der Waals surface area contributed by atoms with E-state index in [0.717, 1.165) is 61.1 Å². The molecule has 0 bridgehead atoms. The number of nitrogens with zero attached hydrogens (tertiary/aromatic N) is 3. The zero-order valence-electron chi connectivity index (χ0n) is 13.1. The first-order chi connectivity index (χ1) is 11.3. The van der Waals surface area contributed by atoms with Crippen LogP contribution in [0.2, 0.25) is 0 Å². The Hall–Kier alpha value is -1.50. The van der Waals surface area contributed by atoms with E-state index in [1.165, 1.54) is 0 Å². The molecule has 1 aromatic heterocycles. The molecule has 2 N–H and O–H groups in total. The third kappa shape index (κ3) is 2.86. The van der Waals surface area contributed by atoms with Crippen LogP contribution in [-0.2, 0) is 0 Å². The lowest BCUT2D eigenvalue weighted by Gasteiger charge is -2.48. The van der Waals surface area contributed by atoms with E-state index in [1.807, 2.05) is 18.2 Å². The fourth-order valence-electron chi connectivity index (χ4n) is 3.78. The predicted molar refractivity (Wildman–Crippen MR) is 92.7 cm³/mol. The second kappa shape index (κ2) is 6.19. The van der Waals surface area contributed by atoms with Crippen LogP contribution in [0.15, 0.2) is 30.3 Å². The molecular weight excluding hydrogens is 308 g/mol. The highest BCUT2D eigenvalue weighted by Crippen LogP contribution is 2.39. The minimum Gasteiger partial charge on any atom is -0.392 e. The van der Waals surface area contributed by atoms with E-state index >= 15 is 0 Å². The highest BCUT2D eigenvalue weighted by Gasteiger charge is 2.43. The van der Waals surface area contributed by atoms with Crippen LogP contribution in [0.5, 0.6) is 0 Å². The van der Waals surface area contributed by atoms with Crippen LogP contribution in [0, 0.1) is 5.41 Å². The maximum Gasteiger partial charge on any atom is 0.208 e. The van der Waals surface area contributed by atoms with Crippen molar-refractivity contribution in [2.75, 3.05) is 31.1 Å². The predicted octanol–water partition coefficient (Wildman–Crippen LogP) is 2.15. The number of aliphatic hydroxyl groups excluding tert-OH is 1. The van der Waals surface area contributed by atoms with Crippen LogP contribution in [-0.4, -0.2) is 47.6 Å². The minimum absolute atomic E-state index is 0.0327. The summed E-state index contributed by atoms with van der Waals surface area (Å²) in [7, 11) is 0. The first-order valence-electron chi connectivity index (χ1n) is 8.30. The smallest absolute Gasteiger partial charge is 0.208 e. The average molecular weight is 330 g/mol. The molecule has 2 saturated heterocycles. The van der Waals surface area contributed by atoms with Crippen molar-refractivity contribution in [1.29, 1.82) is 0 Å². The minimum atomic E-state index is -0.215. The summed E-state index contributed by atoms with van der Waals surface area (Å²) < 4.78 is 0. The third-order valence-corrected chi connectivity index (χ3v) is 6.13. The summed E-state index contributed by atoms with van der Waals surface area (Å²) in [6.45, 7) is 3.68. The number of aromatic nitrogens is 2. The SMILES string of the molecule is O[C@H]1CCNC[C@]12CCCN(c1nnc(-c3ccccc3)s1)C2. The summed E-state index contributed by atoms with van der Waals surface area (Å²) >= 11 is 1.64. The van der Waals surface area contributed by atoms with Crippen LogP contribution < -0.4 is 10.2 Å². The molecule has 5 nitrogen and oxygen atoms in total. The highest BCUT2D eigenvalue weighted by molar-refractivity contribution is 7.18. The maximum atomic E-state index is 10.5. The molecule has 2 aromatic rings. The van der Waals surface area contributed by atoms with Gasteiger partial charge in [0, 0.05) is 30.6 Å². The number of piperidine rings is 2. The summed E-state index contributed by atoms with van der Waals surface area (Å²) in [6, 6.07) is 10.2. The van der Waals surface area contributed by atoms with Gasteiger partial charge in [0.05, 0.1) is 6.10 Å². The molecule has 122 valence electrons. The first-order valence-corrected chi connectivity index (χ1v) is 9.11. The molecular formula is C17H22N4OS. The molecule has 3 heterocycles. The molecule has 2 aliphatic heterocycles. The van der Waals surface area contributed by atoms with Gasteiger partial charge in [0.1, 0.15) is 5.01 Å². The van der Waals surface area contributed by atoms with Gasteiger partial charge in [-0.15, -0.1) is 10.2 Å². The van der Waals surface area contributed by atoms with E-state index in [2.05, 4.69) is 32.5 Å². The molecule has 0 unspecified atom stereocenters. The summed E-state index contributed by atoms with van der Waals surface area (Å²) in [5.41, 5.74) is 1.08. The van der Waals surface area contributed by atoms with Gasteiger partial charge in [0.25, 0.3) is 0 Å². The standard InChI is InChI=1S/C17H22N4OS/c22-14-7-9-18-11-17(14)8-4-10-21(12-17)16-20-19-15(23-16)13-5-2-1-3-6-13/h1-3,5-6,14,18,22H,4,7-12H2/t14-,17-/m0/s1. The summed E-state index contributed by atoms with van der Waals surface area (Å²) in [5.74, 6) is 0. The molecule has 4 rings (SSSR count). The van der Waals surface area contributed by atoms with E-state index in [4.69, 9.17) is 0 Å². The number of hydrogen-bond acceptors (Lipinski definition) is 6. The molecule has 0 radical (unpaired) electrons. The summed E-state index contributed by atoms with van der Waals surface area (Å²) in [5, 5.41) is 24.7. The fourth-order valence-corrected chi connectivity index (χ4v) is 4.66. The van der Waals surface area contributed by atoms with E-state index in [9.17, 15) is 5.11 Å². The van der Waals surface area contributed by atoms with Crippen molar-refractivity contribution >= 4 is 16.5 Å². The Morgan fingerprint density at radius 3 is 2.96 bits per heavy atom. The van der Waals surface area contributed by atoms with Crippen LogP contribution >= 0.6 is 11.3 Å². The van der Waals surface area contributed by atoms with Gasteiger partial charge in [-0.1, -0.05) is 41.7 Å².